The smallest absolute Gasteiger partial charge is 0.0740 e. The lowest BCUT2D eigenvalue weighted by molar-refractivity contribution is -0.0778. The van der Waals surface area contributed by atoms with E-state index >= 15 is 0 Å². The van der Waals surface area contributed by atoms with Gasteiger partial charge in [-0.3, -0.25) is 0 Å². The molecule has 1 fully saturated rings. The van der Waals surface area contributed by atoms with Crippen molar-refractivity contribution in [1.29, 1.82) is 0 Å². The maximum absolute atomic E-state index is 10.9. The molecule has 1 N–H and O–H groups in total. The molecule has 1 heterocycles. The van der Waals surface area contributed by atoms with Gasteiger partial charge in [0.05, 0.1) is 5.60 Å². The van der Waals surface area contributed by atoms with Crippen LogP contribution in [-0.2, 0) is 6.42 Å². The van der Waals surface area contributed by atoms with Gasteiger partial charge in [-0.15, -0.1) is 0 Å². The van der Waals surface area contributed by atoms with E-state index in [0.717, 1.165) is 19.4 Å². The third kappa shape index (κ3) is 2.76. The summed E-state index contributed by atoms with van der Waals surface area (Å²) < 4.78 is 0. The van der Waals surface area contributed by atoms with Crippen molar-refractivity contribution >= 4 is 0 Å². The molecule has 1 saturated heterocycles. The predicted molar refractivity (Wildman–Crippen MR) is 75.7 cm³/mol. The number of aliphatic hydroxyl groups is 1. The van der Waals surface area contributed by atoms with E-state index in [0.29, 0.717) is 12.0 Å². The normalized spacial score (nSPS) is 33.6. The fourth-order valence-corrected chi connectivity index (χ4v) is 2.96. The molecule has 3 atom stereocenters. The van der Waals surface area contributed by atoms with E-state index < -0.39 is 5.60 Å². The van der Waals surface area contributed by atoms with Crippen LogP contribution in [0.5, 0.6) is 0 Å². The van der Waals surface area contributed by atoms with Crippen LogP contribution < -0.4 is 0 Å². The zero-order chi connectivity index (χ0) is 13.3. The molecule has 100 valence electrons. The SMILES string of the molecule is Cc1ccc(C[C@]2(O)C[C@@H](C)N(C)C[C@@H]2C)cc1. The van der Waals surface area contributed by atoms with Crippen LogP contribution in [0.15, 0.2) is 24.3 Å². The Labute approximate surface area is 111 Å². The van der Waals surface area contributed by atoms with Crippen LogP contribution in [0.25, 0.3) is 0 Å². The largest absolute Gasteiger partial charge is 0.389 e. The molecule has 18 heavy (non-hydrogen) atoms. The van der Waals surface area contributed by atoms with Gasteiger partial charge >= 0.3 is 0 Å². The van der Waals surface area contributed by atoms with Crippen molar-refractivity contribution in [1.82, 2.24) is 4.90 Å². The molecular formula is C16H25NO. The maximum Gasteiger partial charge on any atom is 0.0740 e. The number of nitrogens with zero attached hydrogens (tertiary/aromatic N) is 1. The predicted octanol–water partition coefficient (Wildman–Crippen LogP) is 2.63. The number of rotatable bonds is 2. The summed E-state index contributed by atoms with van der Waals surface area (Å²) in [5.74, 6) is 0.319. The van der Waals surface area contributed by atoms with Crippen molar-refractivity contribution in [2.75, 3.05) is 13.6 Å². The van der Waals surface area contributed by atoms with Gasteiger partial charge in [0, 0.05) is 19.0 Å². The summed E-state index contributed by atoms with van der Waals surface area (Å²) in [6, 6.07) is 8.99. The van der Waals surface area contributed by atoms with Crippen molar-refractivity contribution in [2.45, 2.75) is 45.3 Å². The van der Waals surface area contributed by atoms with Crippen molar-refractivity contribution in [3.8, 4) is 0 Å². The lowest BCUT2D eigenvalue weighted by Crippen LogP contribution is -2.54. The van der Waals surface area contributed by atoms with E-state index in [2.05, 4.69) is 57.0 Å². The number of aryl methyl sites for hydroxylation is 1. The second-order valence-electron chi connectivity index (χ2n) is 6.16. The standard InChI is InChI=1S/C16H25NO/c1-12-5-7-15(8-6-12)10-16(18)9-14(3)17(4)11-13(16)2/h5-8,13-14,18H,9-11H2,1-4H3/t13-,14+,16+/m0/s1. The Morgan fingerprint density at radius 1 is 1.28 bits per heavy atom. The molecule has 0 unspecified atom stereocenters. The highest BCUT2D eigenvalue weighted by atomic mass is 16.3. The monoisotopic (exact) mass is 247 g/mol. The average molecular weight is 247 g/mol. The van der Waals surface area contributed by atoms with E-state index in [1.54, 1.807) is 0 Å². The minimum atomic E-state index is -0.554. The molecule has 0 aromatic heterocycles. The summed E-state index contributed by atoms with van der Waals surface area (Å²) in [6.45, 7) is 7.44. The highest BCUT2D eigenvalue weighted by Gasteiger charge is 2.40. The van der Waals surface area contributed by atoms with Gasteiger partial charge in [-0.25, -0.2) is 0 Å². The molecule has 1 aliphatic heterocycles. The molecule has 2 nitrogen and oxygen atoms in total. The molecule has 1 aliphatic rings. The maximum atomic E-state index is 10.9. The topological polar surface area (TPSA) is 23.5 Å². The Balaban J connectivity index is 2.13. The summed E-state index contributed by atoms with van der Waals surface area (Å²) in [5, 5.41) is 10.9. The Bertz CT molecular complexity index is 400. The highest BCUT2D eigenvalue weighted by Crippen LogP contribution is 2.33. The van der Waals surface area contributed by atoms with Gasteiger partial charge in [-0.2, -0.15) is 0 Å². The van der Waals surface area contributed by atoms with Gasteiger partial charge in [0.1, 0.15) is 0 Å². The molecule has 2 heteroatoms. The third-order valence-electron chi connectivity index (χ3n) is 4.51. The van der Waals surface area contributed by atoms with E-state index in [1.807, 2.05) is 0 Å². The Morgan fingerprint density at radius 3 is 2.50 bits per heavy atom. The van der Waals surface area contributed by atoms with Crippen LogP contribution in [0.2, 0.25) is 0 Å². The van der Waals surface area contributed by atoms with E-state index in [9.17, 15) is 5.11 Å². The second kappa shape index (κ2) is 5.02. The lowest BCUT2D eigenvalue weighted by Gasteiger charge is -2.46. The minimum absolute atomic E-state index is 0.319. The van der Waals surface area contributed by atoms with Crippen molar-refractivity contribution in [3.05, 3.63) is 35.4 Å². The summed E-state index contributed by atoms with van der Waals surface area (Å²) in [7, 11) is 2.15. The van der Waals surface area contributed by atoms with Gasteiger partial charge in [0.2, 0.25) is 0 Å². The van der Waals surface area contributed by atoms with Crippen LogP contribution in [0.4, 0.5) is 0 Å². The van der Waals surface area contributed by atoms with Gasteiger partial charge in [-0.1, -0.05) is 36.8 Å². The summed E-state index contributed by atoms with van der Waals surface area (Å²) >= 11 is 0. The van der Waals surface area contributed by atoms with Gasteiger partial charge in [-0.05, 0) is 38.8 Å². The zero-order valence-electron chi connectivity index (χ0n) is 12.0. The van der Waals surface area contributed by atoms with Crippen molar-refractivity contribution < 1.29 is 5.11 Å². The van der Waals surface area contributed by atoms with Crippen LogP contribution in [-0.4, -0.2) is 35.2 Å². The first-order valence-electron chi connectivity index (χ1n) is 6.89. The Hall–Kier alpha value is -0.860. The molecule has 0 saturated carbocycles. The number of benzene rings is 1. The van der Waals surface area contributed by atoms with Gasteiger partial charge in [0.15, 0.2) is 0 Å². The second-order valence-corrected chi connectivity index (χ2v) is 6.16. The number of likely N-dealkylation sites (tertiary alicyclic amines) is 1. The van der Waals surface area contributed by atoms with Gasteiger partial charge in [0.25, 0.3) is 0 Å². The molecule has 0 spiro atoms. The summed E-state index contributed by atoms with van der Waals surface area (Å²) in [5.41, 5.74) is 1.96. The third-order valence-corrected chi connectivity index (χ3v) is 4.51. The lowest BCUT2D eigenvalue weighted by atomic mass is 9.75. The number of hydrogen-bond donors (Lipinski definition) is 1. The van der Waals surface area contributed by atoms with Crippen LogP contribution in [0, 0.1) is 12.8 Å². The van der Waals surface area contributed by atoms with E-state index in [-0.39, 0.29) is 0 Å². The molecule has 1 aromatic carbocycles. The Kier molecular flexibility index (Phi) is 3.79. The highest BCUT2D eigenvalue weighted by molar-refractivity contribution is 5.23. The van der Waals surface area contributed by atoms with Crippen molar-refractivity contribution in [2.24, 2.45) is 5.92 Å². The van der Waals surface area contributed by atoms with E-state index in [4.69, 9.17) is 0 Å². The summed E-state index contributed by atoms with van der Waals surface area (Å²) in [6.07, 6.45) is 1.63. The summed E-state index contributed by atoms with van der Waals surface area (Å²) in [4.78, 5) is 2.34. The first-order valence-corrected chi connectivity index (χ1v) is 6.89. The number of hydrogen-bond acceptors (Lipinski definition) is 2. The molecule has 0 radical (unpaired) electrons. The molecule has 0 bridgehead atoms. The first-order chi connectivity index (χ1) is 8.40. The quantitative estimate of drug-likeness (QED) is 0.868. The molecule has 1 aromatic rings. The molecule has 0 amide bonds. The van der Waals surface area contributed by atoms with Crippen LogP contribution >= 0.6 is 0 Å². The van der Waals surface area contributed by atoms with E-state index in [1.165, 1.54) is 11.1 Å². The average Bonchev–Trinajstić information content (AvgIpc) is 2.30. The minimum Gasteiger partial charge on any atom is -0.389 e. The van der Waals surface area contributed by atoms with Crippen LogP contribution in [0.1, 0.15) is 31.4 Å². The molecule has 0 aliphatic carbocycles. The number of piperidine rings is 1. The molecular weight excluding hydrogens is 222 g/mol. The molecule has 2 rings (SSSR count). The first kappa shape index (κ1) is 13.6. The zero-order valence-corrected chi connectivity index (χ0v) is 12.0. The fraction of sp³-hybridized carbons (Fsp3) is 0.625. The Morgan fingerprint density at radius 2 is 1.89 bits per heavy atom. The fourth-order valence-electron chi connectivity index (χ4n) is 2.96. The van der Waals surface area contributed by atoms with Crippen molar-refractivity contribution in [3.63, 3.8) is 0 Å². The van der Waals surface area contributed by atoms with Gasteiger partial charge < -0.3 is 10.0 Å². The van der Waals surface area contributed by atoms with Crippen LogP contribution in [0.3, 0.4) is 0 Å².